The van der Waals surface area contributed by atoms with E-state index in [-0.39, 0.29) is 18.9 Å². The lowest BCUT2D eigenvalue weighted by Crippen LogP contribution is -2.44. The summed E-state index contributed by atoms with van der Waals surface area (Å²) in [6, 6.07) is 8.29. The summed E-state index contributed by atoms with van der Waals surface area (Å²) in [6.07, 6.45) is 5.42. The minimum Gasteiger partial charge on any atom is -0.461 e. The largest absolute Gasteiger partial charge is 0.461 e. The van der Waals surface area contributed by atoms with Gasteiger partial charge in [0.05, 0.1) is 25.0 Å². The highest BCUT2D eigenvalue weighted by Gasteiger charge is 2.46. The van der Waals surface area contributed by atoms with Crippen molar-refractivity contribution in [2.45, 2.75) is 25.5 Å². The van der Waals surface area contributed by atoms with Gasteiger partial charge in [-0.3, -0.25) is 19.3 Å². The highest BCUT2D eigenvalue weighted by Crippen LogP contribution is 2.33. The fraction of sp³-hybridized carbons (Fsp3) is 0.316. The Morgan fingerprint density at radius 1 is 1.28 bits per heavy atom. The van der Waals surface area contributed by atoms with Crippen molar-refractivity contribution in [3.05, 3.63) is 59.7 Å². The summed E-state index contributed by atoms with van der Waals surface area (Å²) in [4.78, 5) is 38.0. The second-order valence-corrected chi connectivity index (χ2v) is 6.04. The van der Waals surface area contributed by atoms with Crippen LogP contribution in [0.25, 0.3) is 0 Å². The number of fused-ring (bicyclic) bond motifs is 1. The normalized spacial score (nSPS) is 20.3. The molecule has 1 aliphatic heterocycles. The van der Waals surface area contributed by atoms with E-state index >= 15 is 0 Å². The van der Waals surface area contributed by atoms with Crippen molar-refractivity contribution >= 4 is 17.8 Å². The number of benzene rings is 1. The van der Waals surface area contributed by atoms with Gasteiger partial charge < -0.3 is 9.84 Å². The molecule has 0 aromatic heterocycles. The topological polar surface area (TPSA) is 83.9 Å². The van der Waals surface area contributed by atoms with Gasteiger partial charge >= 0.3 is 5.97 Å². The number of hydrogen-bond acceptors (Lipinski definition) is 5. The molecule has 1 heterocycles. The molecule has 1 fully saturated rings. The van der Waals surface area contributed by atoms with Gasteiger partial charge in [-0.05, 0) is 12.0 Å². The van der Waals surface area contributed by atoms with E-state index in [2.05, 4.69) is 0 Å². The van der Waals surface area contributed by atoms with E-state index in [1.54, 1.807) is 12.2 Å². The lowest BCUT2D eigenvalue weighted by Gasteiger charge is -2.23. The van der Waals surface area contributed by atoms with Crippen molar-refractivity contribution in [2.24, 2.45) is 5.92 Å². The van der Waals surface area contributed by atoms with Crippen molar-refractivity contribution < 1.29 is 24.2 Å². The zero-order valence-corrected chi connectivity index (χ0v) is 13.6. The minimum absolute atomic E-state index is 0.109. The van der Waals surface area contributed by atoms with Gasteiger partial charge in [-0.15, -0.1) is 0 Å². The van der Waals surface area contributed by atoms with Gasteiger partial charge in [0.25, 0.3) is 5.91 Å². The van der Waals surface area contributed by atoms with Crippen LogP contribution in [0.4, 0.5) is 0 Å². The molecule has 1 aromatic carbocycles. The van der Waals surface area contributed by atoms with Crippen LogP contribution in [-0.2, 0) is 25.7 Å². The lowest BCUT2D eigenvalue weighted by molar-refractivity contribution is -0.150. The van der Waals surface area contributed by atoms with Gasteiger partial charge in [0.1, 0.15) is 6.61 Å². The number of hydrogen-bond donors (Lipinski definition) is 1. The third kappa shape index (κ3) is 3.53. The first-order valence-electron chi connectivity index (χ1n) is 8.16. The van der Waals surface area contributed by atoms with E-state index in [0.29, 0.717) is 12.0 Å². The molecular formula is C19H19NO5. The number of aliphatic hydroxyl groups is 1. The van der Waals surface area contributed by atoms with Gasteiger partial charge in [-0.2, -0.15) is 0 Å². The van der Waals surface area contributed by atoms with Gasteiger partial charge in [0, 0.05) is 5.57 Å². The summed E-state index contributed by atoms with van der Waals surface area (Å²) in [5, 5.41) is 9.60. The lowest BCUT2D eigenvalue weighted by atomic mass is 9.94. The minimum atomic E-state index is -0.908. The Kier molecular flexibility index (Phi) is 5.09. The molecular weight excluding hydrogens is 322 g/mol. The first kappa shape index (κ1) is 17.1. The maximum Gasteiger partial charge on any atom is 0.308 e. The molecule has 0 saturated carbocycles. The molecule has 6 nitrogen and oxygen atoms in total. The van der Waals surface area contributed by atoms with Crippen LogP contribution in [0.1, 0.15) is 18.4 Å². The van der Waals surface area contributed by atoms with Crippen LogP contribution in [0, 0.1) is 5.92 Å². The van der Waals surface area contributed by atoms with Crippen LogP contribution in [0.5, 0.6) is 0 Å². The average Bonchev–Trinajstić information content (AvgIpc) is 2.90. The van der Waals surface area contributed by atoms with Crippen molar-refractivity contribution in [2.75, 3.05) is 6.61 Å². The molecule has 2 aliphatic rings. The van der Waals surface area contributed by atoms with E-state index in [0.717, 1.165) is 10.5 Å². The Morgan fingerprint density at radius 2 is 2.04 bits per heavy atom. The molecule has 1 aliphatic carbocycles. The number of nitrogens with zero attached hydrogens (tertiary/aromatic N) is 1. The van der Waals surface area contributed by atoms with Crippen LogP contribution in [0.2, 0.25) is 0 Å². The smallest absolute Gasteiger partial charge is 0.308 e. The number of amides is 2. The highest BCUT2D eigenvalue weighted by molar-refractivity contribution is 6.15. The van der Waals surface area contributed by atoms with Gasteiger partial charge in [0.15, 0.2) is 0 Å². The predicted octanol–water partition coefficient (Wildman–Crippen LogP) is 1.35. The first-order valence-corrected chi connectivity index (χ1v) is 8.16. The second kappa shape index (κ2) is 7.44. The van der Waals surface area contributed by atoms with Crippen molar-refractivity contribution in [1.29, 1.82) is 0 Å². The maximum absolute atomic E-state index is 12.5. The summed E-state index contributed by atoms with van der Waals surface area (Å²) in [6.45, 7) is -0.372. The zero-order valence-electron chi connectivity index (χ0n) is 13.6. The fourth-order valence-electron chi connectivity index (χ4n) is 3.06. The van der Waals surface area contributed by atoms with E-state index in [1.165, 1.54) is 0 Å². The average molecular weight is 341 g/mol. The number of allylic oxidation sites excluding steroid dienone is 3. The molecule has 1 N–H and O–H groups in total. The molecule has 2 atom stereocenters. The third-order valence-electron chi connectivity index (χ3n) is 4.38. The molecule has 3 rings (SSSR count). The van der Waals surface area contributed by atoms with E-state index in [4.69, 9.17) is 4.74 Å². The Bertz CT molecular complexity index is 737. The molecule has 0 radical (unpaired) electrons. The quantitative estimate of drug-likeness (QED) is 0.624. The molecule has 25 heavy (non-hydrogen) atoms. The Balaban J connectivity index is 1.63. The molecule has 0 bridgehead atoms. The number of carbonyl (C=O) groups excluding carboxylic acids is 3. The maximum atomic E-state index is 12.5. The van der Waals surface area contributed by atoms with Crippen LogP contribution in [0.3, 0.4) is 0 Å². The molecule has 1 saturated heterocycles. The first-order chi connectivity index (χ1) is 12.1. The summed E-state index contributed by atoms with van der Waals surface area (Å²) in [5.74, 6) is -1.87. The molecule has 0 spiro atoms. The SMILES string of the molecule is O=C(C[C@@H](CO)N1C(=O)C2=CC=CCC2C1=O)OCc1ccccc1. The molecule has 1 aromatic rings. The predicted molar refractivity (Wildman–Crippen MR) is 88.9 cm³/mol. The Labute approximate surface area is 145 Å². The van der Waals surface area contributed by atoms with E-state index in [9.17, 15) is 19.5 Å². The Morgan fingerprint density at radius 3 is 2.72 bits per heavy atom. The molecule has 2 amide bonds. The monoisotopic (exact) mass is 341 g/mol. The van der Waals surface area contributed by atoms with Gasteiger partial charge in [-0.25, -0.2) is 0 Å². The van der Waals surface area contributed by atoms with Crippen molar-refractivity contribution in [3.8, 4) is 0 Å². The second-order valence-electron chi connectivity index (χ2n) is 6.04. The Hall–Kier alpha value is -2.73. The van der Waals surface area contributed by atoms with Crippen LogP contribution in [-0.4, -0.2) is 40.4 Å². The number of aliphatic hydroxyl groups excluding tert-OH is 1. The standard InChI is InChI=1S/C19H19NO5/c21-11-14(10-17(22)25-12-13-6-2-1-3-7-13)20-18(23)15-8-4-5-9-16(15)19(20)24/h1-8,14,16,21H,9-12H2/t14-,16?/m0/s1. The number of likely N-dealkylation sites (tertiary alicyclic amines) is 1. The zero-order chi connectivity index (χ0) is 17.8. The number of carbonyl (C=O) groups is 3. The number of rotatable bonds is 6. The number of imide groups is 1. The van der Waals surface area contributed by atoms with Crippen LogP contribution < -0.4 is 0 Å². The van der Waals surface area contributed by atoms with Crippen LogP contribution >= 0.6 is 0 Å². The van der Waals surface area contributed by atoms with Crippen LogP contribution in [0.15, 0.2) is 54.1 Å². The number of esters is 1. The molecule has 130 valence electrons. The summed E-state index contributed by atoms with van der Waals surface area (Å²) >= 11 is 0. The summed E-state index contributed by atoms with van der Waals surface area (Å²) in [7, 11) is 0. The van der Waals surface area contributed by atoms with Crippen molar-refractivity contribution in [1.82, 2.24) is 4.90 Å². The summed E-state index contributed by atoms with van der Waals surface area (Å²) in [5.41, 5.74) is 1.26. The van der Waals surface area contributed by atoms with Gasteiger partial charge in [0.2, 0.25) is 5.91 Å². The highest BCUT2D eigenvalue weighted by atomic mass is 16.5. The molecule has 6 heteroatoms. The van der Waals surface area contributed by atoms with E-state index in [1.807, 2.05) is 36.4 Å². The molecule has 1 unspecified atom stereocenters. The fourth-order valence-corrected chi connectivity index (χ4v) is 3.06. The summed E-state index contributed by atoms with van der Waals surface area (Å²) < 4.78 is 5.18. The van der Waals surface area contributed by atoms with Crippen molar-refractivity contribution in [3.63, 3.8) is 0 Å². The number of ether oxygens (including phenoxy) is 1. The van der Waals surface area contributed by atoms with E-state index < -0.39 is 30.4 Å². The third-order valence-corrected chi connectivity index (χ3v) is 4.38. The van der Waals surface area contributed by atoms with Gasteiger partial charge in [-0.1, -0.05) is 48.6 Å².